The van der Waals surface area contributed by atoms with Crippen LogP contribution in [0.5, 0.6) is 0 Å². The highest BCUT2D eigenvalue weighted by atomic mass is 32.2. The quantitative estimate of drug-likeness (QED) is 0.686. The number of hydrogen-bond acceptors (Lipinski definition) is 3. The second kappa shape index (κ2) is 3.89. The Balaban J connectivity index is 2.72. The van der Waals surface area contributed by atoms with Gasteiger partial charge < -0.3 is 4.55 Å². The van der Waals surface area contributed by atoms with Crippen LogP contribution >= 0.6 is 0 Å². The summed E-state index contributed by atoms with van der Waals surface area (Å²) in [4.78, 5) is 0. The second-order valence-electron chi connectivity index (χ2n) is 2.99. The highest BCUT2D eigenvalue weighted by Gasteiger charge is 2.09. The molecule has 0 aliphatic carbocycles. The van der Waals surface area contributed by atoms with Crippen LogP contribution in [-0.2, 0) is 16.5 Å². The molecule has 0 aliphatic heterocycles. The Labute approximate surface area is 78.2 Å². The van der Waals surface area contributed by atoms with E-state index in [2.05, 4.69) is 0 Å². The van der Waals surface area contributed by atoms with Crippen molar-refractivity contribution in [2.75, 3.05) is 0 Å². The van der Waals surface area contributed by atoms with Gasteiger partial charge in [-0.15, -0.1) is 0 Å². The SMILES string of the molecule is CC(Cc1ccccc1)S(=O)(=O)[O-]. The van der Waals surface area contributed by atoms with Gasteiger partial charge in [-0.05, 0) is 18.9 Å². The third-order valence-electron chi connectivity index (χ3n) is 1.86. The van der Waals surface area contributed by atoms with Crippen molar-refractivity contribution in [3.8, 4) is 0 Å². The van der Waals surface area contributed by atoms with Crippen LogP contribution in [0.25, 0.3) is 0 Å². The van der Waals surface area contributed by atoms with Crippen molar-refractivity contribution in [2.24, 2.45) is 0 Å². The van der Waals surface area contributed by atoms with Crippen LogP contribution in [0, 0.1) is 0 Å². The molecule has 3 nitrogen and oxygen atoms in total. The van der Waals surface area contributed by atoms with Gasteiger partial charge in [0.2, 0.25) is 0 Å². The Kier molecular flexibility index (Phi) is 3.06. The lowest BCUT2D eigenvalue weighted by atomic mass is 10.1. The summed E-state index contributed by atoms with van der Waals surface area (Å²) in [7, 11) is -4.15. The van der Waals surface area contributed by atoms with Crippen molar-refractivity contribution in [2.45, 2.75) is 18.6 Å². The zero-order valence-electron chi connectivity index (χ0n) is 7.30. The van der Waals surface area contributed by atoms with E-state index >= 15 is 0 Å². The topological polar surface area (TPSA) is 57.2 Å². The molecular weight excluding hydrogens is 188 g/mol. The monoisotopic (exact) mass is 199 g/mol. The van der Waals surface area contributed by atoms with Crippen molar-refractivity contribution in [1.29, 1.82) is 0 Å². The zero-order valence-corrected chi connectivity index (χ0v) is 8.12. The first kappa shape index (κ1) is 10.2. The molecule has 1 rings (SSSR count). The van der Waals surface area contributed by atoms with E-state index in [0.29, 0.717) is 0 Å². The molecule has 1 aromatic rings. The maximum absolute atomic E-state index is 10.6. The average Bonchev–Trinajstić information content (AvgIpc) is 2.04. The molecule has 1 atom stereocenters. The van der Waals surface area contributed by atoms with Crippen LogP contribution in [0.3, 0.4) is 0 Å². The van der Waals surface area contributed by atoms with Crippen molar-refractivity contribution in [3.63, 3.8) is 0 Å². The Morgan fingerprint density at radius 2 is 1.85 bits per heavy atom. The molecule has 0 aliphatic rings. The molecule has 0 heterocycles. The molecule has 0 radical (unpaired) electrons. The Bertz CT molecular complexity index is 356. The molecule has 0 saturated carbocycles. The molecule has 0 spiro atoms. The summed E-state index contributed by atoms with van der Waals surface area (Å²) in [6.07, 6.45) is 0.284. The van der Waals surface area contributed by atoms with Gasteiger partial charge in [-0.3, -0.25) is 0 Å². The summed E-state index contributed by atoms with van der Waals surface area (Å²) < 4.78 is 31.7. The lowest BCUT2D eigenvalue weighted by molar-refractivity contribution is 0.450. The molecule has 0 N–H and O–H groups in total. The maximum Gasteiger partial charge on any atom is 0.0975 e. The van der Waals surface area contributed by atoms with Crippen LogP contribution in [0.2, 0.25) is 0 Å². The molecule has 0 amide bonds. The summed E-state index contributed by atoms with van der Waals surface area (Å²) in [5.41, 5.74) is 0.870. The number of rotatable bonds is 3. The molecule has 1 aromatic carbocycles. The number of hydrogen-bond donors (Lipinski definition) is 0. The maximum atomic E-state index is 10.6. The van der Waals surface area contributed by atoms with E-state index < -0.39 is 15.4 Å². The summed E-state index contributed by atoms with van der Waals surface area (Å²) >= 11 is 0. The van der Waals surface area contributed by atoms with Gasteiger partial charge in [-0.25, -0.2) is 8.42 Å². The van der Waals surface area contributed by atoms with Crippen LogP contribution < -0.4 is 0 Å². The van der Waals surface area contributed by atoms with E-state index in [0.717, 1.165) is 5.56 Å². The first-order valence-electron chi connectivity index (χ1n) is 3.99. The second-order valence-corrected chi connectivity index (χ2v) is 4.78. The third-order valence-corrected chi connectivity index (χ3v) is 3.01. The highest BCUT2D eigenvalue weighted by Crippen LogP contribution is 2.07. The first-order valence-corrected chi connectivity index (χ1v) is 5.46. The van der Waals surface area contributed by atoms with Gasteiger partial charge in [0.25, 0.3) is 0 Å². The van der Waals surface area contributed by atoms with Crippen molar-refractivity contribution < 1.29 is 13.0 Å². The fourth-order valence-electron chi connectivity index (χ4n) is 1.05. The van der Waals surface area contributed by atoms with E-state index in [4.69, 9.17) is 0 Å². The molecule has 72 valence electrons. The summed E-state index contributed by atoms with van der Waals surface area (Å²) in [6.45, 7) is 1.43. The van der Waals surface area contributed by atoms with E-state index in [1.165, 1.54) is 6.92 Å². The highest BCUT2D eigenvalue weighted by molar-refractivity contribution is 7.86. The summed E-state index contributed by atoms with van der Waals surface area (Å²) in [6, 6.07) is 9.10. The zero-order chi connectivity index (χ0) is 9.90. The van der Waals surface area contributed by atoms with Crippen LogP contribution in [0.4, 0.5) is 0 Å². The van der Waals surface area contributed by atoms with Crippen molar-refractivity contribution >= 4 is 10.1 Å². The van der Waals surface area contributed by atoms with E-state index in [-0.39, 0.29) is 6.42 Å². The summed E-state index contributed by atoms with van der Waals surface area (Å²) in [5, 5.41) is -0.852. The Hall–Kier alpha value is -0.870. The van der Waals surface area contributed by atoms with E-state index in [1.807, 2.05) is 30.3 Å². The molecule has 0 fully saturated rings. The fraction of sp³-hybridized carbons (Fsp3) is 0.333. The van der Waals surface area contributed by atoms with Crippen molar-refractivity contribution in [1.82, 2.24) is 0 Å². The Morgan fingerprint density at radius 3 is 2.31 bits per heavy atom. The molecule has 0 bridgehead atoms. The van der Waals surface area contributed by atoms with Gasteiger partial charge in [-0.1, -0.05) is 30.3 Å². The van der Waals surface area contributed by atoms with Gasteiger partial charge in [-0.2, -0.15) is 0 Å². The molecular formula is C9H11O3S-. The third kappa shape index (κ3) is 3.16. The summed E-state index contributed by atoms with van der Waals surface area (Å²) in [5.74, 6) is 0. The van der Waals surface area contributed by atoms with Gasteiger partial charge in [0.1, 0.15) is 0 Å². The van der Waals surface area contributed by atoms with E-state index in [9.17, 15) is 13.0 Å². The molecule has 4 heteroatoms. The standard InChI is InChI=1S/C9H12O3S/c1-8(13(10,11)12)7-9-5-3-2-4-6-9/h2-6,8H,7H2,1H3,(H,10,11,12)/p-1. The van der Waals surface area contributed by atoms with E-state index in [1.54, 1.807) is 0 Å². The lowest BCUT2D eigenvalue weighted by Gasteiger charge is -2.15. The van der Waals surface area contributed by atoms with Crippen LogP contribution in [0.1, 0.15) is 12.5 Å². The minimum Gasteiger partial charge on any atom is -0.748 e. The fourth-order valence-corrected chi connectivity index (χ4v) is 1.44. The van der Waals surface area contributed by atoms with Gasteiger partial charge in [0.15, 0.2) is 0 Å². The predicted molar refractivity (Wildman–Crippen MR) is 49.3 cm³/mol. The first-order chi connectivity index (χ1) is 6.00. The average molecular weight is 199 g/mol. The number of benzene rings is 1. The van der Waals surface area contributed by atoms with Gasteiger partial charge in [0.05, 0.1) is 15.4 Å². The minimum absolute atomic E-state index is 0.284. The lowest BCUT2D eigenvalue weighted by Crippen LogP contribution is -2.19. The van der Waals surface area contributed by atoms with Gasteiger partial charge >= 0.3 is 0 Å². The van der Waals surface area contributed by atoms with Gasteiger partial charge in [0, 0.05) is 0 Å². The molecule has 0 aromatic heterocycles. The predicted octanol–water partition coefficient (Wildman–Crippen LogP) is 1.16. The van der Waals surface area contributed by atoms with Crippen LogP contribution in [-0.4, -0.2) is 18.2 Å². The smallest absolute Gasteiger partial charge is 0.0975 e. The van der Waals surface area contributed by atoms with Crippen LogP contribution in [0.15, 0.2) is 30.3 Å². The Morgan fingerprint density at radius 1 is 1.31 bits per heavy atom. The molecule has 1 unspecified atom stereocenters. The molecule has 0 saturated heterocycles. The minimum atomic E-state index is -4.15. The normalized spacial score (nSPS) is 14.0. The van der Waals surface area contributed by atoms with Crippen molar-refractivity contribution in [3.05, 3.63) is 35.9 Å². The largest absolute Gasteiger partial charge is 0.748 e. The molecule has 13 heavy (non-hydrogen) atoms.